The van der Waals surface area contributed by atoms with Gasteiger partial charge in [0.2, 0.25) is 5.89 Å². The molecule has 0 aliphatic carbocycles. The van der Waals surface area contributed by atoms with Crippen LogP contribution in [0, 0.1) is 0 Å². The van der Waals surface area contributed by atoms with E-state index < -0.39 is 14.6 Å². The van der Waals surface area contributed by atoms with Gasteiger partial charge in [-0.3, -0.25) is 0 Å². The van der Waals surface area contributed by atoms with E-state index in [2.05, 4.69) is 17.2 Å². The second-order valence-corrected chi connectivity index (χ2v) is 7.59. The molecule has 0 spiro atoms. The van der Waals surface area contributed by atoms with Gasteiger partial charge in [-0.15, -0.1) is 0 Å². The van der Waals surface area contributed by atoms with Crippen molar-refractivity contribution in [3.05, 3.63) is 17.8 Å². The lowest BCUT2D eigenvalue weighted by Gasteiger charge is -2.19. The molecule has 0 aliphatic rings. The predicted molar refractivity (Wildman–Crippen MR) is 71.1 cm³/mol. The smallest absolute Gasteiger partial charge is 0.211 e. The van der Waals surface area contributed by atoms with Crippen LogP contribution in [0.15, 0.2) is 10.6 Å². The first-order valence-electron chi connectivity index (χ1n) is 6.09. The minimum atomic E-state index is -3.24. The first-order valence-corrected chi connectivity index (χ1v) is 7.98. The molecule has 0 fully saturated rings. The minimum Gasteiger partial charge on any atom is -0.442 e. The van der Waals surface area contributed by atoms with E-state index in [1.165, 1.54) is 12.5 Å². The topological polar surface area (TPSA) is 72.2 Å². The van der Waals surface area contributed by atoms with Gasteiger partial charge in [-0.2, -0.15) is 0 Å². The monoisotopic (exact) mass is 274 g/mol. The lowest BCUT2D eigenvalue weighted by atomic mass is 10.2. The molecule has 6 heteroatoms. The average molecular weight is 274 g/mol. The summed E-state index contributed by atoms with van der Waals surface area (Å²) < 4.78 is 27.9. The highest BCUT2D eigenvalue weighted by Crippen LogP contribution is 2.30. The van der Waals surface area contributed by atoms with Gasteiger partial charge in [0.25, 0.3) is 0 Å². The van der Waals surface area contributed by atoms with Gasteiger partial charge in [0.15, 0.2) is 9.84 Å². The molecule has 0 radical (unpaired) electrons. The van der Waals surface area contributed by atoms with Crippen LogP contribution in [0.2, 0.25) is 0 Å². The number of hydrogen-bond donors (Lipinski definition) is 1. The largest absolute Gasteiger partial charge is 0.442 e. The molecule has 104 valence electrons. The number of nitrogens with zero attached hydrogens (tertiary/aromatic N) is 1. The zero-order chi connectivity index (χ0) is 14.0. The van der Waals surface area contributed by atoms with Crippen LogP contribution in [-0.2, 0) is 14.6 Å². The average Bonchev–Trinajstić information content (AvgIpc) is 2.73. The van der Waals surface area contributed by atoms with Crippen molar-refractivity contribution in [2.75, 3.05) is 12.8 Å². The van der Waals surface area contributed by atoms with Gasteiger partial charge >= 0.3 is 0 Å². The van der Waals surface area contributed by atoms with Crippen LogP contribution >= 0.6 is 0 Å². The Morgan fingerprint density at radius 1 is 1.50 bits per heavy atom. The highest BCUT2D eigenvalue weighted by molar-refractivity contribution is 7.91. The van der Waals surface area contributed by atoms with Crippen LogP contribution in [0.3, 0.4) is 0 Å². The number of nitrogens with one attached hydrogen (secondary N) is 1. The molecular formula is C12H22N2O3S. The first-order chi connectivity index (χ1) is 8.20. The van der Waals surface area contributed by atoms with E-state index >= 15 is 0 Å². The molecule has 0 amide bonds. The molecule has 1 N–H and O–H groups in total. The van der Waals surface area contributed by atoms with E-state index in [1.807, 2.05) is 6.92 Å². The van der Waals surface area contributed by atoms with Crippen molar-refractivity contribution >= 4 is 9.84 Å². The maximum Gasteiger partial charge on any atom is 0.211 e. The van der Waals surface area contributed by atoms with Crippen LogP contribution < -0.4 is 5.32 Å². The molecule has 0 aliphatic heterocycles. The molecule has 0 saturated carbocycles. The standard InChI is InChI=1S/C12H22N2O3S/c1-6-7-13-9(2)11-14-8-10(17-11)12(3,4)18(5,15)16/h8-9,13H,6-7H2,1-5H3. The molecule has 1 unspecified atom stereocenters. The predicted octanol–water partition coefficient (Wildman–Crippen LogP) is 2.01. The Balaban J connectivity index is 2.93. The summed E-state index contributed by atoms with van der Waals surface area (Å²) in [4.78, 5) is 4.16. The van der Waals surface area contributed by atoms with E-state index in [0.717, 1.165) is 13.0 Å². The molecule has 0 saturated heterocycles. The van der Waals surface area contributed by atoms with Crippen molar-refractivity contribution in [2.45, 2.75) is 44.9 Å². The normalized spacial score (nSPS) is 14.7. The summed E-state index contributed by atoms with van der Waals surface area (Å²) in [5.41, 5.74) is 0. The van der Waals surface area contributed by atoms with E-state index in [-0.39, 0.29) is 6.04 Å². The van der Waals surface area contributed by atoms with Crippen LogP contribution in [0.25, 0.3) is 0 Å². The number of aromatic nitrogens is 1. The Labute approximate surface area is 109 Å². The van der Waals surface area contributed by atoms with E-state index in [0.29, 0.717) is 11.7 Å². The summed E-state index contributed by atoms with van der Waals surface area (Å²) in [6, 6.07) is -0.0194. The highest BCUT2D eigenvalue weighted by Gasteiger charge is 2.36. The van der Waals surface area contributed by atoms with Crippen LogP contribution in [0.4, 0.5) is 0 Å². The van der Waals surface area contributed by atoms with Crippen molar-refractivity contribution in [1.29, 1.82) is 0 Å². The summed E-state index contributed by atoms with van der Waals surface area (Å²) in [5, 5.41) is 3.25. The molecule has 1 atom stereocenters. The van der Waals surface area contributed by atoms with Gasteiger partial charge in [-0.25, -0.2) is 13.4 Å². The van der Waals surface area contributed by atoms with E-state index in [4.69, 9.17) is 4.42 Å². The third-order valence-corrected chi connectivity index (χ3v) is 5.17. The number of hydrogen-bond acceptors (Lipinski definition) is 5. The lowest BCUT2D eigenvalue weighted by molar-refractivity contribution is 0.373. The van der Waals surface area contributed by atoms with Crippen LogP contribution in [0.5, 0.6) is 0 Å². The number of oxazole rings is 1. The van der Waals surface area contributed by atoms with E-state index in [9.17, 15) is 8.42 Å². The summed E-state index contributed by atoms with van der Waals surface area (Å²) in [5.74, 6) is 0.903. The lowest BCUT2D eigenvalue weighted by Crippen LogP contribution is -2.27. The fourth-order valence-electron chi connectivity index (χ4n) is 1.40. The molecule has 18 heavy (non-hydrogen) atoms. The van der Waals surface area contributed by atoms with Gasteiger partial charge in [-0.1, -0.05) is 6.92 Å². The summed E-state index contributed by atoms with van der Waals surface area (Å²) in [6.45, 7) is 8.13. The third-order valence-electron chi connectivity index (χ3n) is 3.11. The van der Waals surface area contributed by atoms with Crippen molar-refractivity contribution in [3.63, 3.8) is 0 Å². The molecule has 1 heterocycles. The highest BCUT2D eigenvalue weighted by atomic mass is 32.2. The molecule has 0 bridgehead atoms. The second-order valence-electron chi connectivity index (χ2n) is 5.02. The van der Waals surface area contributed by atoms with Gasteiger partial charge in [-0.05, 0) is 33.7 Å². The Bertz CT molecular complexity index is 491. The minimum absolute atomic E-state index is 0.0194. The SMILES string of the molecule is CCCNC(C)c1ncc(C(C)(C)S(C)(=O)=O)o1. The fraction of sp³-hybridized carbons (Fsp3) is 0.750. The number of rotatable bonds is 6. The summed E-state index contributed by atoms with van der Waals surface area (Å²) in [6.07, 6.45) is 3.72. The second kappa shape index (κ2) is 5.40. The molecular weight excluding hydrogens is 252 g/mol. The molecule has 1 rings (SSSR count). The van der Waals surface area contributed by atoms with Crippen molar-refractivity contribution in [3.8, 4) is 0 Å². The maximum absolute atomic E-state index is 11.7. The van der Waals surface area contributed by atoms with Crippen molar-refractivity contribution in [2.24, 2.45) is 0 Å². The molecule has 0 aromatic carbocycles. The van der Waals surface area contributed by atoms with Crippen molar-refractivity contribution < 1.29 is 12.8 Å². The third kappa shape index (κ3) is 3.11. The summed E-state index contributed by atoms with van der Waals surface area (Å²) in [7, 11) is -3.24. The Kier molecular flexibility index (Phi) is 4.55. The zero-order valence-electron chi connectivity index (χ0n) is 11.6. The van der Waals surface area contributed by atoms with Crippen LogP contribution in [0.1, 0.15) is 51.8 Å². The maximum atomic E-state index is 11.7. The Morgan fingerprint density at radius 2 is 2.11 bits per heavy atom. The number of sulfone groups is 1. The first kappa shape index (κ1) is 15.2. The molecule has 5 nitrogen and oxygen atoms in total. The fourth-order valence-corrected chi connectivity index (χ4v) is 1.86. The molecule has 1 aromatic heterocycles. The Hall–Kier alpha value is -0.880. The van der Waals surface area contributed by atoms with Gasteiger partial charge in [0.1, 0.15) is 10.5 Å². The molecule has 1 aromatic rings. The van der Waals surface area contributed by atoms with Gasteiger partial charge < -0.3 is 9.73 Å². The zero-order valence-corrected chi connectivity index (χ0v) is 12.5. The quantitative estimate of drug-likeness (QED) is 0.859. The summed E-state index contributed by atoms with van der Waals surface area (Å²) >= 11 is 0. The van der Waals surface area contributed by atoms with Gasteiger partial charge in [0, 0.05) is 6.26 Å². The Morgan fingerprint density at radius 3 is 2.61 bits per heavy atom. The van der Waals surface area contributed by atoms with E-state index in [1.54, 1.807) is 13.8 Å². The van der Waals surface area contributed by atoms with Gasteiger partial charge in [0.05, 0.1) is 12.2 Å². The van der Waals surface area contributed by atoms with Crippen molar-refractivity contribution in [1.82, 2.24) is 10.3 Å². The van der Waals surface area contributed by atoms with Crippen LogP contribution in [-0.4, -0.2) is 26.2 Å².